The van der Waals surface area contributed by atoms with Gasteiger partial charge in [0.15, 0.2) is 0 Å². The molecule has 1 saturated heterocycles. The highest BCUT2D eigenvalue weighted by atomic mass is 16.5. The maximum atomic E-state index is 12.1. The van der Waals surface area contributed by atoms with Crippen LogP contribution in [0.15, 0.2) is 0 Å². The smallest absolute Gasteiger partial charge is 0.328 e. The molecule has 4 heteroatoms. The van der Waals surface area contributed by atoms with E-state index in [1.807, 2.05) is 0 Å². The summed E-state index contributed by atoms with van der Waals surface area (Å²) in [6.07, 6.45) is 8.51. The van der Waals surface area contributed by atoms with Gasteiger partial charge in [-0.15, -0.1) is 0 Å². The van der Waals surface area contributed by atoms with Crippen molar-refractivity contribution in [2.75, 3.05) is 13.2 Å². The molecule has 1 aliphatic rings. The van der Waals surface area contributed by atoms with Gasteiger partial charge in [0.25, 0.3) is 0 Å². The van der Waals surface area contributed by atoms with E-state index in [1.54, 1.807) is 4.90 Å². The summed E-state index contributed by atoms with van der Waals surface area (Å²) in [5.74, 6) is -0.0962. The summed E-state index contributed by atoms with van der Waals surface area (Å²) in [7, 11) is 0. The number of esters is 1. The Bertz CT molecular complexity index is 304. The van der Waals surface area contributed by atoms with E-state index in [4.69, 9.17) is 4.74 Å². The number of hydrogen-bond acceptors (Lipinski definition) is 3. The maximum Gasteiger partial charge on any atom is 0.328 e. The molecule has 0 N–H and O–H groups in total. The Morgan fingerprint density at radius 1 is 1.10 bits per heavy atom. The lowest BCUT2D eigenvalue weighted by molar-refractivity contribution is -0.153. The average molecular weight is 283 g/mol. The van der Waals surface area contributed by atoms with Crippen molar-refractivity contribution in [3.8, 4) is 0 Å². The number of rotatable bonds is 9. The summed E-state index contributed by atoms with van der Waals surface area (Å²) in [6.45, 7) is 5.42. The van der Waals surface area contributed by atoms with Crippen LogP contribution >= 0.6 is 0 Å². The third-order valence-electron chi connectivity index (χ3n) is 3.83. The molecular weight excluding hydrogens is 254 g/mol. The maximum absolute atomic E-state index is 12.1. The predicted molar refractivity (Wildman–Crippen MR) is 79.4 cm³/mol. The highest BCUT2D eigenvalue weighted by Gasteiger charge is 2.34. The largest absolute Gasteiger partial charge is 0.464 e. The summed E-state index contributed by atoms with van der Waals surface area (Å²) in [5, 5.41) is 0. The van der Waals surface area contributed by atoms with Gasteiger partial charge in [0.05, 0.1) is 6.61 Å². The topological polar surface area (TPSA) is 46.6 Å². The molecule has 1 aliphatic heterocycles. The molecule has 1 heterocycles. The molecule has 0 aromatic carbocycles. The summed E-state index contributed by atoms with van der Waals surface area (Å²) >= 11 is 0. The Kier molecular flexibility index (Phi) is 8.31. The van der Waals surface area contributed by atoms with Gasteiger partial charge in [-0.3, -0.25) is 4.79 Å². The van der Waals surface area contributed by atoms with E-state index in [0.717, 1.165) is 38.5 Å². The number of carbonyl (C=O) groups excluding carboxylic acids is 2. The van der Waals surface area contributed by atoms with Crippen LogP contribution < -0.4 is 0 Å². The van der Waals surface area contributed by atoms with Crippen molar-refractivity contribution >= 4 is 11.9 Å². The second-order valence-electron chi connectivity index (χ2n) is 5.58. The summed E-state index contributed by atoms with van der Waals surface area (Å²) in [4.78, 5) is 25.8. The molecule has 1 atom stereocenters. The third kappa shape index (κ3) is 5.51. The summed E-state index contributed by atoms with van der Waals surface area (Å²) in [5.41, 5.74) is 0. The second kappa shape index (κ2) is 9.78. The average Bonchev–Trinajstić information content (AvgIpc) is 2.93. The van der Waals surface area contributed by atoms with Gasteiger partial charge >= 0.3 is 5.97 Å². The van der Waals surface area contributed by atoms with E-state index < -0.39 is 0 Å². The van der Waals surface area contributed by atoms with Gasteiger partial charge in [-0.2, -0.15) is 0 Å². The van der Waals surface area contributed by atoms with Crippen LogP contribution in [-0.4, -0.2) is 36.0 Å². The normalized spacial score (nSPS) is 18.3. The van der Waals surface area contributed by atoms with Gasteiger partial charge in [-0.05, 0) is 25.7 Å². The molecule has 20 heavy (non-hydrogen) atoms. The fraction of sp³-hybridized carbons (Fsp3) is 0.875. The fourth-order valence-corrected chi connectivity index (χ4v) is 2.58. The summed E-state index contributed by atoms with van der Waals surface area (Å²) in [6, 6.07) is -0.328. The van der Waals surface area contributed by atoms with Crippen LogP contribution in [0.2, 0.25) is 0 Å². The van der Waals surface area contributed by atoms with Gasteiger partial charge < -0.3 is 9.64 Å². The molecule has 0 bridgehead atoms. The standard InChI is InChI=1S/C16H29NO3/c1-3-5-7-8-13-20-16(19)14-10-9-12-17(14)15(18)11-6-4-2/h14H,3-13H2,1-2H3. The highest BCUT2D eigenvalue weighted by Crippen LogP contribution is 2.20. The van der Waals surface area contributed by atoms with E-state index in [9.17, 15) is 9.59 Å². The molecule has 0 aromatic heterocycles. The molecule has 0 aromatic rings. The minimum absolute atomic E-state index is 0.109. The van der Waals surface area contributed by atoms with Crippen molar-refractivity contribution in [3.63, 3.8) is 0 Å². The highest BCUT2D eigenvalue weighted by molar-refractivity contribution is 5.85. The van der Waals surface area contributed by atoms with E-state index in [-0.39, 0.29) is 17.9 Å². The van der Waals surface area contributed by atoms with Crippen LogP contribution in [0.3, 0.4) is 0 Å². The van der Waals surface area contributed by atoms with Gasteiger partial charge in [-0.25, -0.2) is 4.79 Å². The zero-order chi connectivity index (χ0) is 14.8. The van der Waals surface area contributed by atoms with Crippen LogP contribution in [0.1, 0.15) is 71.6 Å². The van der Waals surface area contributed by atoms with Crippen molar-refractivity contribution in [1.82, 2.24) is 4.90 Å². The minimum Gasteiger partial charge on any atom is -0.464 e. The van der Waals surface area contributed by atoms with Gasteiger partial charge in [-0.1, -0.05) is 39.5 Å². The lowest BCUT2D eigenvalue weighted by atomic mass is 10.2. The van der Waals surface area contributed by atoms with Crippen molar-refractivity contribution in [2.24, 2.45) is 0 Å². The Labute approximate surface area is 122 Å². The Hall–Kier alpha value is -1.06. The van der Waals surface area contributed by atoms with Gasteiger partial charge in [0.1, 0.15) is 6.04 Å². The molecule has 1 amide bonds. The van der Waals surface area contributed by atoms with Crippen molar-refractivity contribution in [2.45, 2.75) is 77.7 Å². The van der Waals surface area contributed by atoms with Crippen molar-refractivity contribution in [3.05, 3.63) is 0 Å². The first-order valence-corrected chi connectivity index (χ1v) is 8.16. The number of ether oxygens (including phenoxy) is 1. The minimum atomic E-state index is -0.328. The van der Waals surface area contributed by atoms with Crippen LogP contribution in [-0.2, 0) is 14.3 Å². The molecule has 1 fully saturated rings. The molecule has 0 aliphatic carbocycles. The van der Waals surface area contributed by atoms with E-state index in [0.29, 0.717) is 19.6 Å². The molecule has 0 radical (unpaired) electrons. The quantitative estimate of drug-likeness (QED) is 0.482. The number of carbonyl (C=O) groups is 2. The SMILES string of the molecule is CCCCCCOC(=O)C1CCCN1C(=O)CCCC. The fourth-order valence-electron chi connectivity index (χ4n) is 2.58. The zero-order valence-corrected chi connectivity index (χ0v) is 13.0. The molecule has 1 unspecified atom stereocenters. The van der Waals surface area contributed by atoms with Crippen molar-refractivity contribution < 1.29 is 14.3 Å². The van der Waals surface area contributed by atoms with Crippen LogP contribution in [0, 0.1) is 0 Å². The number of hydrogen-bond donors (Lipinski definition) is 0. The number of nitrogens with zero attached hydrogens (tertiary/aromatic N) is 1. The van der Waals surface area contributed by atoms with Gasteiger partial charge in [0.2, 0.25) is 5.91 Å². The lowest BCUT2D eigenvalue weighted by Crippen LogP contribution is -2.41. The zero-order valence-electron chi connectivity index (χ0n) is 13.0. The van der Waals surface area contributed by atoms with Gasteiger partial charge in [0, 0.05) is 13.0 Å². The molecule has 4 nitrogen and oxygen atoms in total. The molecule has 0 saturated carbocycles. The predicted octanol–water partition coefficient (Wildman–Crippen LogP) is 3.29. The molecular formula is C16H29NO3. The van der Waals surface area contributed by atoms with E-state index >= 15 is 0 Å². The molecule has 116 valence electrons. The number of likely N-dealkylation sites (tertiary alicyclic amines) is 1. The van der Waals surface area contributed by atoms with Crippen LogP contribution in [0.5, 0.6) is 0 Å². The summed E-state index contributed by atoms with van der Waals surface area (Å²) < 4.78 is 5.32. The first-order chi connectivity index (χ1) is 9.70. The van der Waals surface area contributed by atoms with E-state index in [1.165, 1.54) is 12.8 Å². The Morgan fingerprint density at radius 3 is 2.55 bits per heavy atom. The van der Waals surface area contributed by atoms with Crippen LogP contribution in [0.4, 0.5) is 0 Å². The first-order valence-electron chi connectivity index (χ1n) is 8.16. The van der Waals surface area contributed by atoms with Crippen LogP contribution in [0.25, 0.3) is 0 Å². The van der Waals surface area contributed by atoms with E-state index in [2.05, 4.69) is 13.8 Å². The third-order valence-corrected chi connectivity index (χ3v) is 3.83. The molecule has 0 spiro atoms. The number of unbranched alkanes of at least 4 members (excludes halogenated alkanes) is 4. The Morgan fingerprint density at radius 2 is 1.85 bits per heavy atom. The first kappa shape index (κ1) is 17.0. The second-order valence-corrected chi connectivity index (χ2v) is 5.58. The molecule has 1 rings (SSSR count). The lowest BCUT2D eigenvalue weighted by Gasteiger charge is -2.23. The monoisotopic (exact) mass is 283 g/mol. The van der Waals surface area contributed by atoms with Crippen molar-refractivity contribution in [1.29, 1.82) is 0 Å². The number of amides is 1. The Balaban J connectivity index is 2.32.